The Morgan fingerprint density at radius 2 is 2.00 bits per heavy atom. The topological polar surface area (TPSA) is 90.1 Å². The van der Waals surface area contributed by atoms with Crippen LogP contribution < -0.4 is 10.1 Å². The van der Waals surface area contributed by atoms with Gasteiger partial charge in [-0.3, -0.25) is 9.69 Å². The first-order valence-electron chi connectivity index (χ1n) is 10.6. The van der Waals surface area contributed by atoms with Crippen LogP contribution in [0.4, 0.5) is 0 Å². The van der Waals surface area contributed by atoms with Crippen molar-refractivity contribution >= 4 is 5.91 Å². The number of ether oxygens (including phenoxy) is 1. The Bertz CT molecular complexity index is 1020. The lowest BCUT2D eigenvalue weighted by Gasteiger charge is -2.35. The number of aryl methyl sites for hydroxylation is 2. The summed E-state index contributed by atoms with van der Waals surface area (Å²) in [5, 5.41) is 11.8. The number of hydrogen-bond acceptors (Lipinski definition) is 6. The van der Waals surface area contributed by atoms with Crippen LogP contribution in [0.15, 0.2) is 36.9 Å². The standard InChI is InChI=1S/C22H29N7O2/c1-16-20(22(27(2)26-16)29-15-23-14-25-29)21(30)24-13-18(28-11-7-4-8-12-28)17-9-5-6-10-19(17)31-3/h5-6,9-10,14-15,18H,4,7-8,11-13H2,1-3H3,(H,24,30). The van der Waals surface area contributed by atoms with Crippen LogP contribution in [-0.2, 0) is 7.05 Å². The number of aromatic nitrogens is 5. The molecule has 31 heavy (non-hydrogen) atoms. The molecule has 1 aliphatic rings. The van der Waals surface area contributed by atoms with Crippen LogP contribution in [0.5, 0.6) is 5.75 Å². The molecular formula is C22H29N7O2. The van der Waals surface area contributed by atoms with Gasteiger partial charge >= 0.3 is 0 Å². The average molecular weight is 424 g/mol. The second-order valence-corrected chi connectivity index (χ2v) is 7.81. The molecule has 164 valence electrons. The molecule has 0 bridgehead atoms. The van der Waals surface area contributed by atoms with Gasteiger partial charge in [0.25, 0.3) is 5.91 Å². The maximum absolute atomic E-state index is 13.3. The van der Waals surface area contributed by atoms with E-state index in [2.05, 4.69) is 31.5 Å². The second kappa shape index (κ2) is 9.30. The number of methoxy groups -OCH3 is 1. The number of nitrogens with one attached hydrogen (secondary N) is 1. The zero-order chi connectivity index (χ0) is 21.8. The molecule has 3 heterocycles. The summed E-state index contributed by atoms with van der Waals surface area (Å²) in [6, 6.07) is 8.08. The quantitative estimate of drug-likeness (QED) is 0.627. The molecule has 4 rings (SSSR count). The van der Waals surface area contributed by atoms with Crippen LogP contribution in [0.1, 0.15) is 46.9 Å². The fraction of sp³-hybridized carbons (Fsp3) is 0.455. The monoisotopic (exact) mass is 423 g/mol. The van der Waals surface area contributed by atoms with Gasteiger partial charge in [0.05, 0.1) is 18.8 Å². The minimum atomic E-state index is -0.173. The van der Waals surface area contributed by atoms with E-state index >= 15 is 0 Å². The zero-order valence-electron chi connectivity index (χ0n) is 18.3. The molecule has 2 aromatic heterocycles. The van der Waals surface area contributed by atoms with Crippen molar-refractivity contribution < 1.29 is 9.53 Å². The Kier molecular flexibility index (Phi) is 6.31. The van der Waals surface area contributed by atoms with Crippen LogP contribution in [0.25, 0.3) is 5.82 Å². The summed E-state index contributed by atoms with van der Waals surface area (Å²) < 4.78 is 8.85. The first-order chi connectivity index (χ1) is 15.1. The Labute approximate surface area is 182 Å². The van der Waals surface area contributed by atoms with Gasteiger partial charge in [0.2, 0.25) is 0 Å². The molecule has 1 atom stereocenters. The SMILES string of the molecule is COc1ccccc1C(CNC(=O)c1c(C)nn(C)c1-n1cncn1)N1CCCCC1. The van der Waals surface area contributed by atoms with Gasteiger partial charge in [-0.05, 0) is 38.9 Å². The zero-order valence-corrected chi connectivity index (χ0v) is 18.3. The first kappa shape index (κ1) is 21.0. The summed E-state index contributed by atoms with van der Waals surface area (Å²) in [6.45, 7) is 4.32. The average Bonchev–Trinajstić information content (AvgIpc) is 3.42. The van der Waals surface area contributed by atoms with E-state index in [1.54, 1.807) is 29.8 Å². The van der Waals surface area contributed by atoms with Gasteiger partial charge in [-0.2, -0.15) is 10.2 Å². The Balaban J connectivity index is 1.60. The predicted octanol–water partition coefficient (Wildman–Crippen LogP) is 2.27. The van der Waals surface area contributed by atoms with Gasteiger partial charge in [0, 0.05) is 19.2 Å². The van der Waals surface area contributed by atoms with Crippen molar-refractivity contribution in [3.8, 4) is 11.6 Å². The van der Waals surface area contributed by atoms with Crippen molar-refractivity contribution in [3.63, 3.8) is 0 Å². The maximum atomic E-state index is 13.3. The number of benzene rings is 1. The molecule has 1 fully saturated rings. The van der Waals surface area contributed by atoms with E-state index in [0.717, 1.165) is 37.2 Å². The Hall–Kier alpha value is -3.20. The van der Waals surface area contributed by atoms with Gasteiger partial charge in [0.15, 0.2) is 5.82 Å². The number of para-hydroxylation sites is 1. The number of carbonyl (C=O) groups excluding carboxylic acids is 1. The van der Waals surface area contributed by atoms with E-state index in [1.165, 1.54) is 12.7 Å². The van der Waals surface area contributed by atoms with Crippen molar-refractivity contribution in [2.24, 2.45) is 7.05 Å². The van der Waals surface area contributed by atoms with Crippen LogP contribution >= 0.6 is 0 Å². The highest BCUT2D eigenvalue weighted by molar-refractivity contribution is 5.98. The highest BCUT2D eigenvalue weighted by Crippen LogP contribution is 2.31. The predicted molar refractivity (Wildman–Crippen MR) is 116 cm³/mol. The largest absolute Gasteiger partial charge is 0.496 e. The van der Waals surface area contributed by atoms with Crippen LogP contribution in [0.2, 0.25) is 0 Å². The smallest absolute Gasteiger partial charge is 0.257 e. The van der Waals surface area contributed by atoms with E-state index in [0.29, 0.717) is 23.6 Å². The normalized spacial score (nSPS) is 15.6. The molecule has 0 saturated carbocycles. The Morgan fingerprint density at radius 1 is 1.23 bits per heavy atom. The van der Waals surface area contributed by atoms with E-state index in [-0.39, 0.29) is 11.9 Å². The highest BCUT2D eigenvalue weighted by atomic mass is 16.5. The molecule has 1 saturated heterocycles. The van der Waals surface area contributed by atoms with Crippen molar-refractivity contribution in [2.45, 2.75) is 32.2 Å². The molecule has 1 amide bonds. The highest BCUT2D eigenvalue weighted by Gasteiger charge is 2.27. The lowest BCUT2D eigenvalue weighted by atomic mass is 10.0. The minimum absolute atomic E-state index is 0.0344. The lowest BCUT2D eigenvalue weighted by Crippen LogP contribution is -2.41. The molecule has 0 radical (unpaired) electrons. The number of rotatable bonds is 7. The summed E-state index contributed by atoms with van der Waals surface area (Å²) in [7, 11) is 3.49. The molecule has 0 aliphatic carbocycles. The minimum Gasteiger partial charge on any atom is -0.496 e. The summed E-state index contributed by atoms with van der Waals surface area (Å²) in [4.78, 5) is 19.7. The molecule has 1 aliphatic heterocycles. The van der Waals surface area contributed by atoms with Gasteiger partial charge in [-0.25, -0.2) is 14.3 Å². The van der Waals surface area contributed by atoms with Gasteiger partial charge < -0.3 is 10.1 Å². The fourth-order valence-electron chi connectivity index (χ4n) is 4.38. The van der Waals surface area contributed by atoms with Crippen molar-refractivity contribution in [3.05, 3.63) is 53.7 Å². The van der Waals surface area contributed by atoms with Crippen LogP contribution in [-0.4, -0.2) is 62.1 Å². The number of hydrogen-bond donors (Lipinski definition) is 1. The summed E-state index contributed by atoms with van der Waals surface area (Å²) in [5.74, 6) is 1.26. The number of piperidine rings is 1. The lowest BCUT2D eigenvalue weighted by molar-refractivity contribution is 0.0922. The van der Waals surface area contributed by atoms with Gasteiger partial charge in [-0.1, -0.05) is 24.6 Å². The number of likely N-dealkylation sites (tertiary alicyclic amines) is 1. The summed E-state index contributed by atoms with van der Waals surface area (Å²) >= 11 is 0. The molecule has 1 N–H and O–H groups in total. The third-order valence-electron chi connectivity index (χ3n) is 5.84. The van der Waals surface area contributed by atoms with E-state index in [1.807, 2.05) is 25.1 Å². The van der Waals surface area contributed by atoms with Crippen molar-refractivity contribution in [1.29, 1.82) is 0 Å². The molecular weight excluding hydrogens is 394 g/mol. The van der Waals surface area contributed by atoms with E-state index in [9.17, 15) is 4.79 Å². The molecule has 0 spiro atoms. The number of carbonyl (C=O) groups is 1. The van der Waals surface area contributed by atoms with Gasteiger partial charge in [-0.15, -0.1) is 0 Å². The maximum Gasteiger partial charge on any atom is 0.257 e. The van der Waals surface area contributed by atoms with Crippen molar-refractivity contribution in [2.75, 3.05) is 26.7 Å². The molecule has 1 unspecified atom stereocenters. The van der Waals surface area contributed by atoms with Crippen molar-refractivity contribution in [1.82, 2.24) is 34.8 Å². The van der Waals surface area contributed by atoms with E-state index < -0.39 is 0 Å². The fourth-order valence-corrected chi connectivity index (χ4v) is 4.38. The third kappa shape index (κ3) is 4.32. The first-order valence-corrected chi connectivity index (χ1v) is 10.6. The Morgan fingerprint density at radius 3 is 2.71 bits per heavy atom. The summed E-state index contributed by atoms with van der Waals surface area (Å²) in [5.41, 5.74) is 2.24. The molecule has 9 heteroatoms. The molecule has 3 aromatic rings. The molecule has 9 nitrogen and oxygen atoms in total. The summed E-state index contributed by atoms with van der Waals surface area (Å²) in [6.07, 6.45) is 6.59. The van der Waals surface area contributed by atoms with Crippen LogP contribution in [0.3, 0.4) is 0 Å². The second-order valence-electron chi connectivity index (χ2n) is 7.81. The molecule has 1 aromatic carbocycles. The van der Waals surface area contributed by atoms with E-state index in [4.69, 9.17) is 4.74 Å². The third-order valence-corrected chi connectivity index (χ3v) is 5.84. The van der Waals surface area contributed by atoms with Crippen LogP contribution in [0, 0.1) is 6.92 Å². The van der Waals surface area contributed by atoms with Gasteiger partial charge in [0.1, 0.15) is 24.0 Å². The number of nitrogens with zero attached hydrogens (tertiary/aromatic N) is 6. The number of amides is 1.